The first-order chi connectivity index (χ1) is 14.3. The maximum absolute atomic E-state index is 12.4. The lowest BCUT2D eigenvalue weighted by molar-refractivity contribution is 0.00578. The number of ether oxygens (including phenoxy) is 1. The molecule has 2 aliphatic heterocycles. The van der Waals surface area contributed by atoms with Gasteiger partial charge in [-0.2, -0.15) is 0 Å². The summed E-state index contributed by atoms with van der Waals surface area (Å²) in [4.78, 5) is 14.3. The van der Waals surface area contributed by atoms with Crippen molar-refractivity contribution >= 4 is 18.7 Å². The number of nitrogens with zero attached hydrogens (tertiary/aromatic N) is 1. The van der Waals surface area contributed by atoms with Crippen LogP contribution in [0.4, 0.5) is 4.79 Å². The molecule has 0 bridgehead atoms. The topological polar surface area (TPSA) is 48.0 Å². The fourth-order valence-electron chi connectivity index (χ4n) is 4.43. The molecule has 5 nitrogen and oxygen atoms in total. The molecule has 6 heteroatoms. The third kappa shape index (κ3) is 4.95. The lowest BCUT2D eigenvalue weighted by atomic mass is 9.75. The van der Waals surface area contributed by atoms with E-state index in [1.807, 2.05) is 25.7 Å². The Balaban J connectivity index is 1.50. The molecule has 1 saturated carbocycles. The zero-order valence-electron chi connectivity index (χ0n) is 20.3. The molecule has 0 N–H and O–H groups in total. The summed E-state index contributed by atoms with van der Waals surface area (Å²) in [5, 5.41) is 0. The van der Waals surface area contributed by atoms with Gasteiger partial charge in [-0.1, -0.05) is 18.2 Å². The second-order valence-corrected chi connectivity index (χ2v) is 11.5. The van der Waals surface area contributed by atoms with Crippen molar-refractivity contribution < 1.29 is 18.8 Å². The number of hydrogen-bond donors (Lipinski definition) is 0. The highest BCUT2D eigenvalue weighted by Gasteiger charge is 2.52. The first-order valence-electron chi connectivity index (χ1n) is 11.8. The first kappa shape index (κ1) is 22.7. The number of amides is 1. The van der Waals surface area contributed by atoms with Crippen LogP contribution in [0.5, 0.6) is 0 Å². The minimum atomic E-state index is -0.454. The van der Waals surface area contributed by atoms with Crippen molar-refractivity contribution in [2.75, 3.05) is 13.1 Å². The highest BCUT2D eigenvalue weighted by atomic mass is 16.7. The Labute approximate surface area is 188 Å². The quantitative estimate of drug-likeness (QED) is 0.639. The van der Waals surface area contributed by atoms with E-state index in [1.54, 1.807) is 0 Å². The van der Waals surface area contributed by atoms with E-state index in [0.29, 0.717) is 11.8 Å². The van der Waals surface area contributed by atoms with E-state index in [2.05, 4.69) is 45.9 Å². The minimum Gasteiger partial charge on any atom is -0.444 e. The molecule has 0 atom stereocenters. The summed E-state index contributed by atoms with van der Waals surface area (Å²) in [5.74, 6) is 1.11. The predicted molar refractivity (Wildman–Crippen MR) is 124 cm³/mol. The first-order valence-corrected chi connectivity index (χ1v) is 11.8. The van der Waals surface area contributed by atoms with E-state index in [9.17, 15) is 4.79 Å². The normalized spacial score (nSPS) is 23.8. The molecule has 2 saturated heterocycles. The number of benzene rings is 1. The van der Waals surface area contributed by atoms with Crippen LogP contribution in [0.1, 0.15) is 97.1 Å². The smallest absolute Gasteiger partial charge is 0.444 e. The average molecular weight is 427 g/mol. The van der Waals surface area contributed by atoms with Crippen molar-refractivity contribution in [3.63, 3.8) is 0 Å². The molecule has 4 rings (SSSR count). The SMILES string of the molecule is CC(C)(C)OC(=O)N1CCC(c2cc(B3OC(C)(C)C(C)(C)O3)cc(C3CC3)c2)CC1. The Kier molecular flexibility index (Phi) is 5.71. The molecule has 0 aromatic heterocycles. The van der Waals surface area contributed by atoms with Gasteiger partial charge in [-0.3, -0.25) is 0 Å². The van der Waals surface area contributed by atoms with Gasteiger partial charge in [0.1, 0.15) is 5.60 Å². The van der Waals surface area contributed by atoms with Gasteiger partial charge < -0.3 is 18.9 Å². The van der Waals surface area contributed by atoms with Gasteiger partial charge in [0, 0.05) is 13.1 Å². The van der Waals surface area contributed by atoms with Gasteiger partial charge in [0.2, 0.25) is 0 Å². The lowest BCUT2D eigenvalue weighted by Crippen LogP contribution is -2.41. The summed E-state index contributed by atoms with van der Waals surface area (Å²) in [6, 6.07) is 6.96. The molecular weight excluding hydrogens is 389 g/mol. The fourth-order valence-corrected chi connectivity index (χ4v) is 4.43. The summed E-state index contributed by atoms with van der Waals surface area (Å²) < 4.78 is 18.3. The number of likely N-dealkylation sites (tertiary alicyclic amines) is 1. The molecule has 2 heterocycles. The highest BCUT2D eigenvalue weighted by Crippen LogP contribution is 2.42. The van der Waals surface area contributed by atoms with Crippen LogP contribution in [0.3, 0.4) is 0 Å². The predicted octanol–water partition coefficient (Wildman–Crippen LogP) is 4.98. The van der Waals surface area contributed by atoms with Crippen LogP contribution in [0.25, 0.3) is 0 Å². The van der Waals surface area contributed by atoms with Crippen LogP contribution in [-0.4, -0.2) is 48.0 Å². The van der Waals surface area contributed by atoms with Gasteiger partial charge in [-0.25, -0.2) is 4.79 Å². The average Bonchev–Trinajstić information content (AvgIpc) is 3.47. The van der Waals surface area contributed by atoms with E-state index >= 15 is 0 Å². The van der Waals surface area contributed by atoms with Crippen molar-refractivity contribution in [3.8, 4) is 0 Å². The van der Waals surface area contributed by atoms with Crippen molar-refractivity contribution in [3.05, 3.63) is 29.3 Å². The number of piperidine rings is 1. The van der Waals surface area contributed by atoms with Crippen molar-refractivity contribution in [2.24, 2.45) is 0 Å². The van der Waals surface area contributed by atoms with E-state index in [1.165, 1.54) is 24.0 Å². The number of hydrogen-bond acceptors (Lipinski definition) is 4. The molecule has 3 fully saturated rings. The van der Waals surface area contributed by atoms with E-state index in [0.717, 1.165) is 31.4 Å². The molecule has 0 unspecified atom stereocenters. The third-order valence-electron chi connectivity index (χ3n) is 7.19. The monoisotopic (exact) mass is 427 g/mol. The van der Waals surface area contributed by atoms with Gasteiger partial charge in [0.05, 0.1) is 11.2 Å². The summed E-state index contributed by atoms with van der Waals surface area (Å²) in [5.41, 5.74) is 2.77. The Morgan fingerprint density at radius 3 is 1.87 bits per heavy atom. The zero-order chi connectivity index (χ0) is 22.6. The Morgan fingerprint density at radius 2 is 1.42 bits per heavy atom. The van der Waals surface area contributed by atoms with Gasteiger partial charge in [-0.15, -0.1) is 0 Å². The van der Waals surface area contributed by atoms with Crippen LogP contribution >= 0.6 is 0 Å². The minimum absolute atomic E-state index is 0.199. The Hall–Kier alpha value is -1.53. The Morgan fingerprint density at radius 1 is 0.935 bits per heavy atom. The second kappa shape index (κ2) is 7.81. The number of carbonyl (C=O) groups excluding carboxylic acids is 1. The van der Waals surface area contributed by atoms with Crippen LogP contribution in [0.15, 0.2) is 18.2 Å². The van der Waals surface area contributed by atoms with Gasteiger partial charge in [-0.05, 0) is 103 Å². The molecule has 170 valence electrons. The summed E-state index contributed by atoms with van der Waals surface area (Å²) in [7, 11) is -0.329. The zero-order valence-corrected chi connectivity index (χ0v) is 20.3. The van der Waals surface area contributed by atoms with E-state index in [-0.39, 0.29) is 24.4 Å². The van der Waals surface area contributed by atoms with Crippen molar-refractivity contribution in [2.45, 2.75) is 103 Å². The molecule has 1 aromatic carbocycles. The van der Waals surface area contributed by atoms with Crippen molar-refractivity contribution in [1.29, 1.82) is 0 Å². The molecule has 0 spiro atoms. The maximum Gasteiger partial charge on any atom is 0.494 e. The highest BCUT2D eigenvalue weighted by molar-refractivity contribution is 6.62. The summed E-state index contributed by atoms with van der Waals surface area (Å²) in [6.45, 7) is 15.6. The van der Waals surface area contributed by atoms with Crippen molar-refractivity contribution in [1.82, 2.24) is 4.90 Å². The van der Waals surface area contributed by atoms with E-state index < -0.39 is 5.60 Å². The molecular formula is C25H38BNO4. The standard InChI is InChI=1S/C25H38BNO4/c1-23(2,3)29-22(28)27-12-10-18(11-13-27)20-14-19(17-8-9-17)15-21(16-20)26-30-24(4,5)25(6,7)31-26/h14-18H,8-13H2,1-7H3. The van der Waals surface area contributed by atoms with Gasteiger partial charge in [0.15, 0.2) is 0 Å². The molecule has 0 radical (unpaired) electrons. The largest absolute Gasteiger partial charge is 0.494 e. The van der Waals surface area contributed by atoms with Crippen LogP contribution in [0.2, 0.25) is 0 Å². The number of carbonyl (C=O) groups is 1. The maximum atomic E-state index is 12.4. The molecule has 3 aliphatic rings. The van der Waals surface area contributed by atoms with Crippen LogP contribution in [0, 0.1) is 0 Å². The van der Waals surface area contributed by atoms with Crippen LogP contribution in [-0.2, 0) is 14.0 Å². The van der Waals surface area contributed by atoms with Gasteiger partial charge >= 0.3 is 13.2 Å². The summed E-state index contributed by atoms with van der Waals surface area (Å²) in [6.07, 6.45) is 4.24. The Bertz CT molecular complexity index is 816. The summed E-state index contributed by atoms with van der Waals surface area (Å²) >= 11 is 0. The fraction of sp³-hybridized carbons (Fsp3) is 0.720. The molecule has 1 amide bonds. The second-order valence-electron chi connectivity index (χ2n) is 11.5. The number of rotatable bonds is 3. The third-order valence-corrected chi connectivity index (χ3v) is 7.19. The molecule has 1 aliphatic carbocycles. The van der Waals surface area contributed by atoms with Gasteiger partial charge in [0.25, 0.3) is 0 Å². The van der Waals surface area contributed by atoms with E-state index in [4.69, 9.17) is 14.0 Å². The molecule has 31 heavy (non-hydrogen) atoms. The van der Waals surface area contributed by atoms with Crippen LogP contribution < -0.4 is 5.46 Å². The molecule has 1 aromatic rings. The lowest BCUT2D eigenvalue weighted by Gasteiger charge is -2.34.